The fourth-order valence-corrected chi connectivity index (χ4v) is 2.83. The van der Waals surface area contributed by atoms with Crippen LogP contribution in [0.15, 0.2) is 18.2 Å². The number of aliphatic hydroxyl groups excluding tert-OH is 1. The molecule has 3 atom stereocenters. The number of rotatable bonds is 5. The van der Waals surface area contributed by atoms with E-state index >= 15 is 0 Å². The highest BCUT2D eigenvalue weighted by atomic mass is 19.1. The van der Waals surface area contributed by atoms with Gasteiger partial charge in [-0.25, -0.2) is 4.39 Å². The minimum atomic E-state index is -0.615. The maximum Gasteiger partial charge on any atom is 0.126 e. The maximum absolute atomic E-state index is 13.6. The number of halogens is 1. The average Bonchev–Trinajstić information content (AvgIpc) is 2.47. The van der Waals surface area contributed by atoms with Crippen LogP contribution in [0, 0.1) is 12.7 Å². The Bertz CT molecular complexity index is 466. The van der Waals surface area contributed by atoms with Gasteiger partial charge in [0, 0.05) is 19.1 Å². The monoisotopic (exact) mass is 295 g/mol. The Labute approximate surface area is 126 Å². The molecule has 3 nitrogen and oxygen atoms in total. The number of aliphatic hydroxyl groups is 1. The predicted octanol–water partition coefficient (Wildman–Crippen LogP) is 3.06. The molecule has 1 fully saturated rings. The Hall–Kier alpha value is -0.970. The Balaban J connectivity index is 1.92. The summed E-state index contributed by atoms with van der Waals surface area (Å²) in [5, 5.41) is 10.3. The zero-order valence-corrected chi connectivity index (χ0v) is 13.2. The molecule has 0 aliphatic carbocycles. The lowest BCUT2D eigenvalue weighted by Gasteiger charge is -2.38. The van der Waals surface area contributed by atoms with Crippen molar-refractivity contribution in [3.8, 4) is 0 Å². The first-order chi connectivity index (χ1) is 10.0. The van der Waals surface area contributed by atoms with Gasteiger partial charge in [0.05, 0.1) is 18.8 Å². The van der Waals surface area contributed by atoms with Crippen LogP contribution in [0.2, 0.25) is 0 Å². The van der Waals surface area contributed by atoms with Crippen LogP contribution in [0.5, 0.6) is 0 Å². The van der Waals surface area contributed by atoms with E-state index in [2.05, 4.69) is 18.7 Å². The largest absolute Gasteiger partial charge is 0.388 e. The summed E-state index contributed by atoms with van der Waals surface area (Å²) in [6, 6.07) is 5.39. The third kappa shape index (κ3) is 4.25. The average molecular weight is 295 g/mol. The molecule has 1 aliphatic rings. The minimum absolute atomic E-state index is 0.238. The van der Waals surface area contributed by atoms with Crippen molar-refractivity contribution in [2.24, 2.45) is 0 Å². The molecule has 4 heteroatoms. The van der Waals surface area contributed by atoms with Crippen molar-refractivity contribution in [1.29, 1.82) is 0 Å². The summed E-state index contributed by atoms with van der Waals surface area (Å²) in [5.74, 6) is -0.252. The SMILES string of the molecule is CCC1COC(C)CN1CCC(O)c1ccc(C)c(F)c1. The molecule has 1 aromatic carbocycles. The number of hydrogen-bond acceptors (Lipinski definition) is 3. The van der Waals surface area contributed by atoms with Gasteiger partial charge in [-0.1, -0.05) is 19.1 Å². The zero-order valence-electron chi connectivity index (χ0n) is 13.2. The number of hydrogen-bond donors (Lipinski definition) is 1. The van der Waals surface area contributed by atoms with Gasteiger partial charge in [0.15, 0.2) is 0 Å². The van der Waals surface area contributed by atoms with Crippen molar-refractivity contribution in [2.45, 2.75) is 51.9 Å². The minimum Gasteiger partial charge on any atom is -0.388 e. The number of morpholine rings is 1. The van der Waals surface area contributed by atoms with Crippen molar-refractivity contribution in [2.75, 3.05) is 19.7 Å². The van der Waals surface area contributed by atoms with Gasteiger partial charge in [-0.05, 0) is 43.9 Å². The number of ether oxygens (including phenoxy) is 1. The van der Waals surface area contributed by atoms with Crippen molar-refractivity contribution in [3.05, 3.63) is 35.1 Å². The summed E-state index contributed by atoms with van der Waals surface area (Å²) in [6.07, 6.45) is 1.28. The van der Waals surface area contributed by atoms with Gasteiger partial charge in [-0.2, -0.15) is 0 Å². The smallest absolute Gasteiger partial charge is 0.126 e. The Kier molecular flexibility index (Phi) is 5.73. The van der Waals surface area contributed by atoms with Crippen LogP contribution in [-0.2, 0) is 4.74 Å². The molecule has 0 bridgehead atoms. The fraction of sp³-hybridized carbons (Fsp3) is 0.647. The lowest BCUT2D eigenvalue weighted by atomic mass is 10.0. The van der Waals surface area contributed by atoms with E-state index in [9.17, 15) is 9.50 Å². The van der Waals surface area contributed by atoms with E-state index in [1.807, 2.05) is 6.07 Å². The molecule has 1 saturated heterocycles. The maximum atomic E-state index is 13.6. The molecular formula is C17H26FNO2. The lowest BCUT2D eigenvalue weighted by molar-refractivity contribution is -0.0591. The van der Waals surface area contributed by atoms with Crippen molar-refractivity contribution in [3.63, 3.8) is 0 Å². The van der Waals surface area contributed by atoms with Gasteiger partial charge in [-0.15, -0.1) is 0 Å². The molecule has 1 heterocycles. The highest BCUT2D eigenvalue weighted by Gasteiger charge is 2.25. The van der Waals surface area contributed by atoms with Crippen LogP contribution >= 0.6 is 0 Å². The normalized spacial score (nSPS) is 25.0. The molecule has 0 radical (unpaired) electrons. The zero-order chi connectivity index (χ0) is 15.4. The van der Waals surface area contributed by atoms with Crippen molar-refractivity contribution in [1.82, 2.24) is 4.90 Å². The van der Waals surface area contributed by atoms with E-state index in [4.69, 9.17) is 4.74 Å². The highest BCUT2D eigenvalue weighted by Crippen LogP contribution is 2.22. The van der Waals surface area contributed by atoms with Gasteiger partial charge in [0.1, 0.15) is 5.82 Å². The molecular weight excluding hydrogens is 269 g/mol. The van der Waals surface area contributed by atoms with Gasteiger partial charge in [0.2, 0.25) is 0 Å². The molecule has 1 aliphatic heterocycles. The second-order valence-corrected chi connectivity index (χ2v) is 6.01. The van der Waals surface area contributed by atoms with Crippen molar-refractivity contribution < 1.29 is 14.2 Å². The van der Waals surface area contributed by atoms with E-state index in [0.29, 0.717) is 23.6 Å². The summed E-state index contributed by atoms with van der Waals surface area (Å²) in [6.45, 7) is 8.42. The molecule has 0 aromatic heterocycles. The first-order valence-electron chi connectivity index (χ1n) is 7.81. The molecule has 1 aromatic rings. The van der Waals surface area contributed by atoms with E-state index in [1.54, 1.807) is 13.0 Å². The van der Waals surface area contributed by atoms with E-state index in [0.717, 1.165) is 26.1 Å². The second-order valence-electron chi connectivity index (χ2n) is 6.01. The third-order valence-electron chi connectivity index (χ3n) is 4.32. The summed E-state index contributed by atoms with van der Waals surface area (Å²) < 4.78 is 19.2. The molecule has 1 N–H and O–H groups in total. The summed E-state index contributed by atoms with van der Waals surface area (Å²) in [7, 11) is 0. The van der Waals surface area contributed by atoms with Crippen molar-refractivity contribution >= 4 is 0 Å². The van der Waals surface area contributed by atoms with Crippen LogP contribution in [0.4, 0.5) is 4.39 Å². The summed E-state index contributed by atoms with van der Waals surface area (Å²) in [4.78, 5) is 2.38. The van der Waals surface area contributed by atoms with Crippen LogP contribution in [-0.4, -0.2) is 41.8 Å². The van der Waals surface area contributed by atoms with E-state index in [-0.39, 0.29) is 11.9 Å². The number of nitrogens with zero attached hydrogens (tertiary/aromatic N) is 1. The van der Waals surface area contributed by atoms with Gasteiger partial charge >= 0.3 is 0 Å². The van der Waals surface area contributed by atoms with Crippen LogP contribution in [0.1, 0.15) is 43.9 Å². The third-order valence-corrected chi connectivity index (χ3v) is 4.32. The van der Waals surface area contributed by atoms with Gasteiger partial charge < -0.3 is 9.84 Å². The van der Waals surface area contributed by atoms with Crippen LogP contribution in [0.25, 0.3) is 0 Å². The van der Waals surface area contributed by atoms with Gasteiger partial charge in [-0.3, -0.25) is 4.90 Å². The fourth-order valence-electron chi connectivity index (χ4n) is 2.83. The summed E-state index contributed by atoms with van der Waals surface area (Å²) >= 11 is 0. The Morgan fingerprint density at radius 2 is 2.24 bits per heavy atom. The van der Waals surface area contributed by atoms with Crippen LogP contribution in [0.3, 0.4) is 0 Å². The molecule has 21 heavy (non-hydrogen) atoms. The van der Waals surface area contributed by atoms with Crippen LogP contribution < -0.4 is 0 Å². The topological polar surface area (TPSA) is 32.7 Å². The molecule has 118 valence electrons. The standard InChI is InChI=1S/C17H26FNO2/c1-4-15-11-21-13(3)10-19(15)8-7-17(20)14-6-5-12(2)16(18)9-14/h5-6,9,13,15,17,20H,4,7-8,10-11H2,1-3H3. The number of aryl methyl sites for hydroxylation is 1. The lowest BCUT2D eigenvalue weighted by Crippen LogP contribution is -2.48. The van der Waals surface area contributed by atoms with Gasteiger partial charge in [0.25, 0.3) is 0 Å². The first kappa shape index (κ1) is 16.4. The molecule has 2 rings (SSSR count). The molecule has 0 saturated carbocycles. The predicted molar refractivity (Wildman–Crippen MR) is 81.8 cm³/mol. The quantitative estimate of drug-likeness (QED) is 0.906. The highest BCUT2D eigenvalue weighted by molar-refractivity contribution is 5.24. The first-order valence-corrected chi connectivity index (χ1v) is 7.81. The molecule has 0 amide bonds. The molecule has 0 spiro atoms. The Morgan fingerprint density at radius 1 is 1.48 bits per heavy atom. The molecule has 3 unspecified atom stereocenters. The summed E-state index contributed by atoms with van der Waals surface area (Å²) in [5.41, 5.74) is 1.27. The number of benzene rings is 1. The second kappa shape index (κ2) is 7.34. The van der Waals surface area contributed by atoms with E-state index < -0.39 is 6.10 Å². The Morgan fingerprint density at radius 3 is 2.90 bits per heavy atom. The van der Waals surface area contributed by atoms with E-state index in [1.165, 1.54) is 6.07 Å².